The number of fused-ring (bicyclic) bond motifs is 1. The summed E-state index contributed by atoms with van der Waals surface area (Å²) in [6.07, 6.45) is 15.0. The molecule has 30 heavy (non-hydrogen) atoms. The summed E-state index contributed by atoms with van der Waals surface area (Å²) < 4.78 is 8.17. The lowest BCUT2D eigenvalue weighted by Crippen LogP contribution is -2.33. The topological polar surface area (TPSA) is 103 Å². The number of imidazole rings is 1. The van der Waals surface area contributed by atoms with Gasteiger partial charge in [0.2, 0.25) is 5.95 Å². The van der Waals surface area contributed by atoms with E-state index < -0.39 is 0 Å². The van der Waals surface area contributed by atoms with Gasteiger partial charge in [-0.2, -0.15) is 9.97 Å². The van der Waals surface area contributed by atoms with Crippen LogP contribution in [0, 0.1) is 0 Å². The lowest BCUT2D eigenvalue weighted by Gasteiger charge is -2.27. The fourth-order valence-electron chi connectivity index (χ4n) is 5.18. The molecule has 1 unspecified atom stereocenters. The fourth-order valence-corrected chi connectivity index (χ4v) is 5.18. The van der Waals surface area contributed by atoms with Crippen LogP contribution in [0.2, 0.25) is 0 Å². The predicted octanol–water partition coefficient (Wildman–Crippen LogP) is 3.60. The molecule has 1 aliphatic heterocycles. The summed E-state index contributed by atoms with van der Waals surface area (Å²) in [7, 11) is 0. The Morgan fingerprint density at radius 1 is 1.00 bits per heavy atom. The minimum Gasteiger partial charge on any atom is -0.376 e. The van der Waals surface area contributed by atoms with E-state index in [0.29, 0.717) is 24.1 Å². The van der Waals surface area contributed by atoms with Gasteiger partial charge in [-0.15, -0.1) is 0 Å². The van der Waals surface area contributed by atoms with Crippen molar-refractivity contribution in [3.05, 3.63) is 6.33 Å². The molecular weight excluding hydrogens is 378 g/mol. The van der Waals surface area contributed by atoms with Crippen molar-refractivity contribution in [1.82, 2.24) is 19.5 Å². The van der Waals surface area contributed by atoms with Gasteiger partial charge in [0.1, 0.15) is 0 Å². The Morgan fingerprint density at radius 3 is 2.57 bits per heavy atom. The molecule has 1 saturated heterocycles. The average Bonchev–Trinajstić information content (AvgIpc) is 3.44. The van der Waals surface area contributed by atoms with Gasteiger partial charge in [0.15, 0.2) is 17.0 Å². The minimum absolute atomic E-state index is 0.247. The molecular formula is C22H35N7O. The molecule has 0 spiro atoms. The molecule has 0 amide bonds. The quantitative estimate of drug-likeness (QED) is 0.665. The van der Waals surface area contributed by atoms with Gasteiger partial charge in [-0.3, -0.25) is 0 Å². The van der Waals surface area contributed by atoms with E-state index in [1.807, 2.05) is 6.33 Å². The average molecular weight is 414 g/mol. The molecule has 3 fully saturated rings. The first-order valence-corrected chi connectivity index (χ1v) is 11.9. The molecule has 2 aromatic heterocycles. The highest BCUT2D eigenvalue weighted by Gasteiger charge is 2.24. The van der Waals surface area contributed by atoms with Crippen molar-refractivity contribution in [3.8, 4) is 0 Å². The Morgan fingerprint density at radius 2 is 1.80 bits per heavy atom. The van der Waals surface area contributed by atoms with Crippen LogP contribution >= 0.6 is 0 Å². The molecule has 3 aliphatic rings. The highest BCUT2D eigenvalue weighted by molar-refractivity contribution is 5.84. The summed E-state index contributed by atoms with van der Waals surface area (Å²) in [5.74, 6) is 1.52. The normalized spacial score (nSPS) is 28.1. The van der Waals surface area contributed by atoms with Crippen molar-refractivity contribution >= 4 is 22.9 Å². The number of nitrogens with one attached hydrogen (secondary N) is 2. The lowest BCUT2D eigenvalue weighted by atomic mass is 9.92. The molecule has 164 valence electrons. The van der Waals surface area contributed by atoms with Crippen LogP contribution in [0.5, 0.6) is 0 Å². The van der Waals surface area contributed by atoms with Crippen LogP contribution in [0.3, 0.4) is 0 Å². The van der Waals surface area contributed by atoms with Crippen LogP contribution < -0.4 is 16.4 Å². The third-order valence-electron chi connectivity index (χ3n) is 7.02. The van der Waals surface area contributed by atoms with E-state index in [-0.39, 0.29) is 6.10 Å². The van der Waals surface area contributed by atoms with Crippen LogP contribution in [0.25, 0.3) is 11.2 Å². The summed E-state index contributed by atoms with van der Waals surface area (Å²) in [5.41, 5.74) is 7.90. The summed E-state index contributed by atoms with van der Waals surface area (Å²) in [6, 6.07) is 1.22. The SMILES string of the molecule is NC1CCC(Nc2nc(NCC3CCCCO3)c3ncn(C4CCCC4)c3n2)CC1. The van der Waals surface area contributed by atoms with Crippen LogP contribution in [-0.2, 0) is 4.74 Å². The third-order valence-corrected chi connectivity index (χ3v) is 7.02. The van der Waals surface area contributed by atoms with Gasteiger partial charge in [-0.25, -0.2) is 4.98 Å². The summed E-state index contributed by atoms with van der Waals surface area (Å²) in [6.45, 7) is 1.62. The molecule has 1 atom stereocenters. The van der Waals surface area contributed by atoms with E-state index in [9.17, 15) is 0 Å². The minimum atomic E-state index is 0.247. The van der Waals surface area contributed by atoms with Gasteiger partial charge in [0.25, 0.3) is 0 Å². The maximum Gasteiger partial charge on any atom is 0.227 e. The van der Waals surface area contributed by atoms with Crippen LogP contribution in [-0.4, -0.2) is 50.9 Å². The second kappa shape index (κ2) is 9.06. The van der Waals surface area contributed by atoms with E-state index in [4.69, 9.17) is 25.4 Å². The second-order valence-corrected chi connectivity index (χ2v) is 9.28. The van der Waals surface area contributed by atoms with Gasteiger partial charge in [0.05, 0.1) is 12.4 Å². The molecule has 0 bridgehead atoms. The van der Waals surface area contributed by atoms with Gasteiger partial charge in [-0.1, -0.05) is 12.8 Å². The van der Waals surface area contributed by atoms with E-state index >= 15 is 0 Å². The largest absolute Gasteiger partial charge is 0.376 e. The molecule has 2 aromatic rings. The number of rotatable bonds is 6. The highest BCUT2D eigenvalue weighted by Crippen LogP contribution is 2.33. The first-order chi connectivity index (χ1) is 14.8. The Bertz CT molecular complexity index is 833. The van der Waals surface area contributed by atoms with Gasteiger partial charge in [0, 0.05) is 31.3 Å². The zero-order valence-corrected chi connectivity index (χ0v) is 17.9. The van der Waals surface area contributed by atoms with E-state index in [0.717, 1.165) is 62.2 Å². The highest BCUT2D eigenvalue weighted by atomic mass is 16.5. The molecule has 5 rings (SSSR count). The molecule has 3 heterocycles. The standard InChI is InChI=1S/C22H35N7O/c23-15-8-10-16(11-9-15)26-22-27-20(24-13-18-7-3-4-12-30-18)19-21(28-22)29(14-25-19)17-5-1-2-6-17/h14-18H,1-13,23H2,(H2,24,26,27,28). The van der Waals surface area contributed by atoms with Crippen molar-refractivity contribution in [2.45, 2.75) is 94.9 Å². The molecule has 0 radical (unpaired) electrons. The third kappa shape index (κ3) is 4.39. The zero-order valence-electron chi connectivity index (χ0n) is 17.9. The van der Waals surface area contributed by atoms with Gasteiger partial charge >= 0.3 is 0 Å². The maximum absolute atomic E-state index is 6.08. The van der Waals surface area contributed by atoms with Crippen molar-refractivity contribution in [2.75, 3.05) is 23.8 Å². The molecule has 0 aromatic carbocycles. The van der Waals surface area contributed by atoms with Crippen LogP contribution in [0.4, 0.5) is 11.8 Å². The monoisotopic (exact) mass is 413 g/mol. The van der Waals surface area contributed by atoms with E-state index in [2.05, 4.69) is 15.2 Å². The van der Waals surface area contributed by atoms with Gasteiger partial charge < -0.3 is 25.7 Å². The number of nitrogens with zero attached hydrogens (tertiary/aromatic N) is 4. The molecule has 8 nitrogen and oxygen atoms in total. The number of hydrogen-bond acceptors (Lipinski definition) is 7. The summed E-state index contributed by atoms with van der Waals surface area (Å²) in [4.78, 5) is 14.5. The summed E-state index contributed by atoms with van der Waals surface area (Å²) in [5, 5.41) is 7.12. The smallest absolute Gasteiger partial charge is 0.227 e. The Balaban J connectivity index is 1.40. The van der Waals surface area contributed by atoms with Gasteiger partial charge in [-0.05, 0) is 57.8 Å². The zero-order chi connectivity index (χ0) is 20.3. The fraction of sp³-hybridized carbons (Fsp3) is 0.773. The molecule has 2 saturated carbocycles. The number of nitrogens with two attached hydrogens (primary N) is 1. The first-order valence-electron chi connectivity index (χ1n) is 11.9. The maximum atomic E-state index is 6.08. The summed E-state index contributed by atoms with van der Waals surface area (Å²) >= 11 is 0. The molecule has 2 aliphatic carbocycles. The Hall–Kier alpha value is -1.93. The predicted molar refractivity (Wildman–Crippen MR) is 119 cm³/mol. The Kier molecular flexibility index (Phi) is 6.04. The van der Waals surface area contributed by atoms with E-state index in [1.165, 1.54) is 38.5 Å². The number of hydrogen-bond donors (Lipinski definition) is 3. The van der Waals surface area contributed by atoms with E-state index in [1.54, 1.807) is 0 Å². The lowest BCUT2D eigenvalue weighted by molar-refractivity contribution is 0.0247. The Labute approximate surface area is 178 Å². The number of anilines is 2. The number of aromatic nitrogens is 4. The number of ether oxygens (including phenoxy) is 1. The first kappa shape index (κ1) is 20.0. The van der Waals surface area contributed by atoms with Crippen molar-refractivity contribution in [1.29, 1.82) is 0 Å². The van der Waals surface area contributed by atoms with Crippen LogP contribution in [0.1, 0.15) is 76.7 Å². The van der Waals surface area contributed by atoms with Crippen molar-refractivity contribution in [2.24, 2.45) is 5.73 Å². The molecule has 8 heteroatoms. The van der Waals surface area contributed by atoms with Crippen molar-refractivity contribution < 1.29 is 4.74 Å². The second-order valence-electron chi connectivity index (χ2n) is 9.28. The molecule has 4 N–H and O–H groups in total. The van der Waals surface area contributed by atoms with Crippen LogP contribution in [0.15, 0.2) is 6.33 Å². The van der Waals surface area contributed by atoms with Crippen molar-refractivity contribution in [3.63, 3.8) is 0 Å².